The van der Waals surface area contributed by atoms with E-state index in [1.54, 1.807) is 0 Å². The molecule has 0 radical (unpaired) electrons. The zero-order valence-electron chi connectivity index (χ0n) is 7.54. The molecule has 0 N–H and O–H groups in total. The molecule has 0 spiro atoms. The van der Waals surface area contributed by atoms with Gasteiger partial charge in [-0.05, 0) is 31.1 Å². The van der Waals surface area contributed by atoms with Gasteiger partial charge in [-0.2, -0.15) is 0 Å². The predicted molar refractivity (Wildman–Crippen MR) is 47.0 cm³/mol. The monoisotopic (exact) mass is 167 g/mol. The van der Waals surface area contributed by atoms with Crippen molar-refractivity contribution in [3.63, 3.8) is 0 Å². The van der Waals surface area contributed by atoms with Gasteiger partial charge in [0.1, 0.15) is 0 Å². The molecule has 3 atom stereocenters. The van der Waals surface area contributed by atoms with Crippen molar-refractivity contribution in [2.24, 2.45) is 11.8 Å². The van der Waals surface area contributed by atoms with E-state index in [2.05, 4.69) is 4.90 Å². The third kappa shape index (κ3) is 1.17. The highest BCUT2D eigenvalue weighted by atomic mass is 16.5. The number of fused-ring (bicyclic) bond motifs is 1. The van der Waals surface area contributed by atoms with Crippen LogP contribution in [0.15, 0.2) is 0 Å². The average Bonchev–Trinajstić information content (AvgIpc) is 2.75. The minimum atomic E-state index is 0.770. The molecule has 0 bridgehead atoms. The summed E-state index contributed by atoms with van der Waals surface area (Å²) in [5.41, 5.74) is 0. The van der Waals surface area contributed by atoms with Crippen LogP contribution in [0.5, 0.6) is 0 Å². The normalized spacial score (nSPS) is 47.5. The van der Waals surface area contributed by atoms with E-state index in [-0.39, 0.29) is 0 Å². The van der Waals surface area contributed by atoms with Gasteiger partial charge in [0.15, 0.2) is 0 Å². The van der Waals surface area contributed by atoms with Crippen LogP contribution in [0.3, 0.4) is 0 Å². The SMILES string of the molecule is C1COCC(N2CC3CC3C2)C1. The quantitative estimate of drug-likeness (QED) is 0.580. The smallest absolute Gasteiger partial charge is 0.0621 e. The molecule has 1 aliphatic carbocycles. The van der Waals surface area contributed by atoms with Crippen molar-refractivity contribution in [1.29, 1.82) is 0 Å². The van der Waals surface area contributed by atoms with Gasteiger partial charge in [0.25, 0.3) is 0 Å². The highest BCUT2D eigenvalue weighted by molar-refractivity contribution is 4.98. The first kappa shape index (κ1) is 7.34. The third-order valence-electron chi connectivity index (χ3n) is 3.66. The first-order chi connectivity index (χ1) is 5.93. The second-order valence-corrected chi connectivity index (χ2v) is 4.58. The third-order valence-corrected chi connectivity index (χ3v) is 3.66. The highest BCUT2D eigenvalue weighted by Crippen LogP contribution is 2.45. The Hall–Kier alpha value is -0.0800. The van der Waals surface area contributed by atoms with Crippen molar-refractivity contribution in [2.75, 3.05) is 26.3 Å². The molecule has 68 valence electrons. The van der Waals surface area contributed by atoms with Gasteiger partial charge in [-0.25, -0.2) is 0 Å². The van der Waals surface area contributed by atoms with Crippen LogP contribution in [-0.4, -0.2) is 37.2 Å². The van der Waals surface area contributed by atoms with Gasteiger partial charge >= 0.3 is 0 Å². The summed E-state index contributed by atoms with van der Waals surface area (Å²) in [7, 11) is 0. The molecule has 3 fully saturated rings. The van der Waals surface area contributed by atoms with E-state index < -0.39 is 0 Å². The molecule has 2 nitrogen and oxygen atoms in total. The number of ether oxygens (including phenoxy) is 1. The summed E-state index contributed by atoms with van der Waals surface area (Å²) in [6.07, 6.45) is 4.17. The van der Waals surface area contributed by atoms with Crippen LogP contribution < -0.4 is 0 Å². The Bertz CT molecular complexity index is 167. The predicted octanol–water partition coefficient (Wildman–Crippen LogP) is 1.12. The Balaban J connectivity index is 1.58. The molecular weight excluding hydrogens is 150 g/mol. The Morgan fingerprint density at radius 3 is 2.67 bits per heavy atom. The van der Waals surface area contributed by atoms with Gasteiger partial charge in [-0.1, -0.05) is 0 Å². The lowest BCUT2D eigenvalue weighted by atomic mass is 10.1. The van der Waals surface area contributed by atoms with Crippen molar-refractivity contribution < 1.29 is 4.74 Å². The lowest BCUT2D eigenvalue weighted by molar-refractivity contribution is 0.0227. The van der Waals surface area contributed by atoms with Crippen molar-refractivity contribution in [3.05, 3.63) is 0 Å². The Morgan fingerprint density at radius 2 is 2.00 bits per heavy atom. The summed E-state index contributed by atoms with van der Waals surface area (Å²) in [6.45, 7) is 4.74. The van der Waals surface area contributed by atoms with Gasteiger partial charge < -0.3 is 4.74 Å². The molecule has 0 aromatic carbocycles. The molecule has 2 heteroatoms. The second-order valence-electron chi connectivity index (χ2n) is 4.58. The number of nitrogens with zero attached hydrogens (tertiary/aromatic N) is 1. The topological polar surface area (TPSA) is 12.5 Å². The number of likely N-dealkylation sites (tertiary alicyclic amines) is 1. The van der Waals surface area contributed by atoms with Crippen LogP contribution in [0.4, 0.5) is 0 Å². The van der Waals surface area contributed by atoms with E-state index in [9.17, 15) is 0 Å². The van der Waals surface area contributed by atoms with Crippen LogP contribution in [0.2, 0.25) is 0 Å². The summed E-state index contributed by atoms with van der Waals surface area (Å²) in [5, 5.41) is 0. The minimum absolute atomic E-state index is 0.770. The first-order valence-corrected chi connectivity index (χ1v) is 5.25. The van der Waals surface area contributed by atoms with E-state index in [0.717, 1.165) is 31.1 Å². The van der Waals surface area contributed by atoms with Gasteiger partial charge in [0, 0.05) is 25.7 Å². The van der Waals surface area contributed by atoms with Crippen LogP contribution in [0, 0.1) is 11.8 Å². The number of hydrogen-bond acceptors (Lipinski definition) is 2. The molecule has 12 heavy (non-hydrogen) atoms. The van der Waals surface area contributed by atoms with Gasteiger partial charge in [-0.15, -0.1) is 0 Å². The maximum atomic E-state index is 5.50. The molecule has 2 heterocycles. The molecule has 0 aromatic rings. The van der Waals surface area contributed by atoms with E-state index >= 15 is 0 Å². The Kier molecular flexibility index (Phi) is 1.66. The maximum Gasteiger partial charge on any atom is 0.0621 e. The standard InChI is InChI=1S/C10H17NO/c1-2-10(7-12-3-1)11-5-8-4-9(8)6-11/h8-10H,1-7H2. The lowest BCUT2D eigenvalue weighted by Gasteiger charge is -2.31. The molecule has 3 aliphatic rings. The zero-order chi connectivity index (χ0) is 7.97. The maximum absolute atomic E-state index is 5.50. The highest BCUT2D eigenvalue weighted by Gasteiger charge is 2.46. The van der Waals surface area contributed by atoms with Crippen LogP contribution in [0.1, 0.15) is 19.3 Å². The molecule has 0 aromatic heterocycles. The van der Waals surface area contributed by atoms with Crippen LogP contribution in [-0.2, 0) is 4.74 Å². The van der Waals surface area contributed by atoms with E-state index in [1.807, 2.05) is 0 Å². The molecule has 0 amide bonds. The summed E-state index contributed by atoms with van der Waals surface area (Å²) in [4.78, 5) is 2.66. The Morgan fingerprint density at radius 1 is 1.17 bits per heavy atom. The second kappa shape index (κ2) is 2.71. The van der Waals surface area contributed by atoms with E-state index in [1.165, 1.54) is 32.4 Å². The molecule has 3 unspecified atom stereocenters. The van der Waals surface area contributed by atoms with Gasteiger partial charge in [-0.3, -0.25) is 4.90 Å². The van der Waals surface area contributed by atoms with E-state index in [4.69, 9.17) is 4.74 Å². The largest absolute Gasteiger partial charge is 0.380 e. The van der Waals surface area contributed by atoms with Crippen LogP contribution >= 0.6 is 0 Å². The van der Waals surface area contributed by atoms with Crippen LogP contribution in [0.25, 0.3) is 0 Å². The number of rotatable bonds is 1. The van der Waals surface area contributed by atoms with E-state index in [0.29, 0.717) is 0 Å². The summed E-state index contributed by atoms with van der Waals surface area (Å²) < 4.78 is 5.50. The van der Waals surface area contributed by atoms with Gasteiger partial charge in [0.05, 0.1) is 6.61 Å². The summed E-state index contributed by atoms with van der Waals surface area (Å²) in [5.74, 6) is 2.15. The fraction of sp³-hybridized carbons (Fsp3) is 1.00. The fourth-order valence-electron chi connectivity index (χ4n) is 2.74. The number of piperidine rings is 1. The first-order valence-electron chi connectivity index (χ1n) is 5.25. The molecule has 2 saturated heterocycles. The van der Waals surface area contributed by atoms with Crippen molar-refractivity contribution >= 4 is 0 Å². The lowest BCUT2D eigenvalue weighted by Crippen LogP contribution is -2.40. The van der Waals surface area contributed by atoms with Crippen molar-refractivity contribution in [1.82, 2.24) is 4.90 Å². The Labute approximate surface area is 73.9 Å². The molecule has 1 saturated carbocycles. The zero-order valence-corrected chi connectivity index (χ0v) is 7.54. The molecular formula is C10H17NO. The molecule has 2 aliphatic heterocycles. The number of hydrogen-bond donors (Lipinski definition) is 0. The summed E-state index contributed by atoms with van der Waals surface area (Å²) in [6, 6.07) is 0.770. The fourth-order valence-corrected chi connectivity index (χ4v) is 2.74. The van der Waals surface area contributed by atoms with Gasteiger partial charge in [0.2, 0.25) is 0 Å². The van der Waals surface area contributed by atoms with Crippen molar-refractivity contribution in [3.8, 4) is 0 Å². The molecule has 3 rings (SSSR count). The minimum Gasteiger partial charge on any atom is -0.380 e. The average molecular weight is 167 g/mol. The summed E-state index contributed by atoms with van der Waals surface area (Å²) >= 11 is 0. The van der Waals surface area contributed by atoms with Crippen molar-refractivity contribution in [2.45, 2.75) is 25.3 Å².